The van der Waals surface area contributed by atoms with E-state index >= 15 is 0 Å². The van der Waals surface area contributed by atoms with E-state index in [2.05, 4.69) is 13.0 Å². The van der Waals surface area contributed by atoms with Gasteiger partial charge in [0.2, 0.25) is 0 Å². The molecule has 1 saturated carbocycles. The number of unbranched alkanes of at least 4 members (excludes halogenated alkanes) is 2. The molecular formula is C29H42O7. The van der Waals surface area contributed by atoms with Crippen molar-refractivity contribution in [1.29, 1.82) is 0 Å². The molecule has 0 saturated heterocycles. The molecular weight excluding hydrogens is 460 g/mol. The van der Waals surface area contributed by atoms with Crippen molar-refractivity contribution < 1.29 is 33.7 Å². The molecule has 2 aliphatic carbocycles. The third-order valence-corrected chi connectivity index (χ3v) is 7.78. The second kappa shape index (κ2) is 13.7. The summed E-state index contributed by atoms with van der Waals surface area (Å²) < 4.78 is 17.3. The van der Waals surface area contributed by atoms with E-state index in [0.717, 1.165) is 63.4 Å². The van der Waals surface area contributed by atoms with E-state index in [1.54, 1.807) is 0 Å². The lowest BCUT2D eigenvalue weighted by atomic mass is 9.73. The average Bonchev–Trinajstić information content (AvgIpc) is 3.19. The molecule has 0 aromatic heterocycles. The third kappa shape index (κ3) is 7.47. The number of aliphatic carboxylic acids is 1. The van der Waals surface area contributed by atoms with Crippen LogP contribution < -0.4 is 4.74 Å². The lowest BCUT2D eigenvalue weighted by Gasteiger charge is -2.33. The summed E-state index contributed by atoms with van der Waals surface area (Å²) in [5.74, 6) is 0.214. The third-order valence-electron chi connectivity index (χ3n) is 7.78. The topological polar surface area (TPSA) is 99.1 Å². The fourth-order valence-corrected chi connectivity index (χ4v) is 5.97. The van der Waals surface area contributed by atoms with Crippen molar-refractivity contribution >= 4 is 17.9 Å². The van der Waals surface area contributed by atoms with Crippen molar-refractivity contribution in [2.24, 2.45) is 17.8 Å². The number of carboxylic acids is 1. The van der Waals surface area contributed by atoms with Gasteiger partial charge < -0.3 is 19.3 Å². The summed E-state index contributed by atoms with van der Waals surface area (Å²) in [6.45, 7) is 5.44. The highest BCUT2D eigenvalue weighted by molar-refractivity contribution is 5.69. The molecule has 5 atom stereocenters. The van der Waals surface area contributed by atoms with Crippen molar-refractivity contribution in [2.45, 2.75) is 104 Å². The van der Waals surface area contributed by atoms with Crippen LogP contribution in [0, 0.1) is 17.8 Å². The van der Waals surface area contributed by atoms with E-state index in [4.69, 9.17) is 19.3 Å². The monoisotopic (exact) mass is 502 g/mol. The molecule has 2 aliphatic rings. The van der Waals surface area contributed by atoms with Crippen LogP contribution in [-0.4, -0.2) is 41.8 Å². The van der Waals surface area contributed by atoms with Crippen LogP contribution in [0.15, 0.2) is 18.2 Å². The summed E-state index contributed by atoms with van der Waals surface area (Å²) >= 11 is 0. The summed E-state index contributed by atoms with van der Waals surface area (Å²) in [7, 11) is 0. The standard InChI is InChI=1S/C29H42O7/c1-4-7-8-11-21(35-28(32)5-2)13-14-22-23-15-19-10-9-12-25(34-18-27(30)31)24(19)16-20(23)17-26(22)36-29(33)6-3/h9-10,12,20-23,26H,4-8,11,13-18H2,1-3H3,(H,30,31)/t20-,21-,22+,23-,26+/m0/s1. The Kier molecular flexibility index (Phi) is 10.6. The Labute approximate surface area is 214 Å². The number of hydrogen-bond acceptors (Lipinski definition) is 6. The maximum Gasteiger partial charge on any atom is 0.341 e. The predicted molar refractivity (Wildman–Crippen MR) is 136 cm³/mol. The van der Waals surface area contributed by atoms with Crippen molar-refractivity contribution in [1.82, 2.24) is 0 Å². The lowest BCUT2D eigenvalue weighted by Crippen LogP contribution is -2.30. The molecule has 1 fully saturated rings. The minimum atomic E-state index is -0.994. The Balaban J connectivity index is 1.76. The molecule has 1 N–H and O–H groups in total. The molecule has 0 radical (unpaired) electrons. The molecule has 3 rings (SSSR count). The fraction of sp³-hybridized carbons (Fsp3) is 0.690. The quantitative estimate of drug-likeness (QED) is 0.265. The molecule has 0 unspecified atom stereocenters. The molecule has 0 amide bonds. The highest BCUT2D eigenvalue weighted by Crippen LogP contribution is 2.49. The molecule has 7 heteroatoms. The molecule has 1 aromatic rings. The molecule has 0 heterocycles. The molecule has 7 nitrogen and oxygen atoms in total. The summed E-state index contributed by atoms with van der Waals surface area (Å²) in [6, 6.07) is 5.85. The van der Waals surface area contributed by atoms with Gasteiger partial charge in [-0.3, -0.25) is 9.59 Å². The van der Waals surface area contributed by atoms with E-state index < -0.39 is 5.97 Å². The van der Waals surface area contributed by atoms with E-state index in [1.807, 2.05) is 26.0 Å². The van der Waals surface area contributed by atoms with E-state index in [1.165, 1.54) is 5.56 Å². The smallest absolute Gasteiger partial charge is 0.341 e. The van der Waals surface area contributed by atoms with Gasteiger partial charge in [-0.15, -0.1) is 0 Å². The molecule has 1 aromatic carbocycles. The number of rotatable bonds is 14. The van der Waals surface area contributed by atoms with Crippen LogP contribution in [0.1, 0.15) is 89.7 Å². The Bertz CT molecular complexity index is 896. The normalized spacial score (nSPS) is 23.3. The second-order valence-electron chi connectivity index (χ2n) is 10.2. The number of carbonyl (C=O) groups excluding carboxylic acids is 2. The fourth-order valence-electron chi connectivity index (χ4n) is 5.97. The van der Waals surface area contributed by atoms with Crippen molar-refractivity contribution in [3.05, 3.63) is 29.3 Å². The Morgan fingerprint density at radius 2 is 1.81 bits per heavy atom. The lowest BCUT2D eigenvalue weighted by molar-refractivity contribution is -0.151. The first-order chi connectivity index (χ1) is 17.4. The van der Waals surface area contributed by atoms with Gasteiger partial charge in [0.15, 0.2) is 6.61 Å². The maximum absolute atomic E-state index is 12.3. The maximum atomic E-state index is 12.3. The van der Waals surface area contributed by atoms with Crippen LogP contribution in [0.2, 0.25) is 0 Å². The summed E-state index contributed by atoms with van der Waals surface area (Å²) in [6.07, 6.45) is 8.67. The van der Waals surface area contributed by atoms with Crippen LogP contribution in [0.3, 0.4) is 0 Å². The number of carboxylic acid groups (broad SMARTS) is 1. The van der Waals surface area contributed by atoms with Gasteiger partial charge >= 0.3 is 17.9 Å². The zero-order chi connectivity index (χ0) is 26.1. The number of esters is 2. The Morgan fingerprint density at radius 1 is 1.03 bits per heavy atom. The zero-order valence-corrected chi connectivity index (χ0v) is 22.0. The number of carbonyl (C=O) groups is 3. The Hall–Kier alpha value is -2.57. The van der Waals surface area contributed by atoms with Gasteiger partial charge in [0, 0.05) is 12.8 Å². The molecule has 36 heavy (non-hydrogen) atoms. The van der Waals surface area contributed by atoms with Crippen LogP contribution in [0.5, 0.6) is 5.75 Å². The van der Waals surface area contributed by atoms with Gasteiger partial charge in [0.05, 0.1) is 0 Å². The number of hydrogen-bond donors (Lipinski definition) is 1. The minimum Gasteiger partial charge on any atom is -0.482 e. The van der Waals surface area contributed by atoms with Crippen molar-refractivity contribution in [2.75, 3.05) is 6.61 Å². The molecule has 0 bridgehead atoms. The predicted octanol–water partition coefficient (Wildman–Crippen LogP) is 5.51. The SMILES string of the molecule is CCCCC[C@@H](CC[C@@H]1[C@H]2Cc3cccc(OCC(=O)O)c3C[C@H]2C[C@H]1OC(=O)CC)OC(=O)CC. The first kappa shape index (κ1) is 28.0. The van der Waals surface area contributed by atoms with Gasteiger partial charge in [-0.05, 0) is 79.9 Å². The minimum absolute atomic E-state index is 0.0996. The summed E-state index contributed by atoms with van der Waals surface area (Å²) in [5.41, 5.74) is 2.26. The van der Waals surface area contributed by atoms with E-state index in [0.29, 0.717) is 30.4 Å². The number of fused-ring (bicyclic) bond motifs is 2. The van der Waals surface area contributed by atoms with Gasteiger partial charge in [-0.1, -0.05) is 45.7 Å². The van der Waals surface area contributed by atoms with Crippen LogP contribution in [0.25, 0.3) is 0 Å². The largest absolute Gasteiger partial charge is 0.482 e. The van der Waals surface area contributed by atoms with E-state index in [9.17, 15) is 14.4 Å². The molecule has 0 aliphatic heterocycles. The highest BCUT2D eigenvalue weighted by Gasteiger charge is 2.47. The number of benzene rings is 1. The van der Waals surface area contributed by atoms with Gasteiger partial charge in [0.1, 0.15) is 18.0 Å². The van der Waals surface area contributed by atoms with Crippen molar-refractivity contribution in [3.63, 3.8) is 0 Å². The highest BCUT2D eigenvalue weighted by atomic mass is 16.5. The van der Waals surface area contributed by atoms with Gasteiger partial charge in [-0.2, -0.15) is 0 Å². The first-order valence-electron chi connectivity index (χ1n) is 13.7. The van der Waals surface area contributed by atoms with Crippen LogP contribution in [0.4, 0.5) is 0 Å². The zero-order valence-electron chi connectivity index (χ0n) is 22.0. The first-order valence-corrected chi connectivity index (χ1v) is 13.7. The van der Waals surface area contributed by atoms with Crippen molar-refractivity contribution in [3.8, 4) is 5.75 Å². The molecule has 200 valence electrons. The van der Waals surface area contributed by atoms with Crippen LogP contribution >= 0.6 is 0 Å². The molecule has 0 spiro atoms. The van der Waals surface area contributed by atoms with E-state index in [-0.39, 0.29) is 36.7 Å². The number of ether oxygens (including phenoxy) is 3. The summed E-state index contributed by atoms with van der Waals surface area (Å²) in [5, 5.41) is 9.04. The van der Waals surface area contributed by atoms with Crippen LogP contribution in [-0.2, 0) is 36.7 Å². The summed E-state index contributed by atoms with van der Waals surface area (Å²) in [4.78, 5) is 35.4. The van der Waals surface area contributed by atoms with Gasteiger partial charge in [0.25, 0.3) is 0 Å². The second-order valence-corrected chi connectivity index (χ2v) is 10.2. The average molecular weight is 503 g/mol. The van der Waals surface area contributed by atoms with Gasteiger partial charge in [-0.25, -0.2) is 4.79 Å². The Morgan fingerprint density at radius 3 is 2.50 bits per heavy atom.